The second-order valence-corrected chi connectivity index (χ2v) is 8.78. The molecule has 0 saturated carbocycles. The molecule has 0 aliphatic carbocycles. The first-order valence-electron chi connectivity index (χ1n) is 10.6. The summed E-state index contributed by atoms with van der Waals surface area (Å²) in [4.78, 5) is 18.2. The third-order valence-corrected chi connectivity index (χ3v) is 6.52. The maximum atomic E-state index is 14.5. The fourth-order valence-electron chi connectivity index (χ4n) is 3.60. The Morgan fingerprint density at radius 2 is 1.97 bits per heavy atom. The first kappa shape index (κ1) is 23.3. The van der Waals surface area contributed by atoms with Gasteiger partial charge in [-0.2, -0.15) is 0 Å². The summed E-state index contributed by atoms with van der Waals surface area (Å²) in [6.07, 6.45) is 3.37. The Labute approximate surface area is 200 Å². The van der Waals surface area contributed by atoms with Crippen LogP contribution in [0.15, 0.2) is 79.1 Å². The van der Waals surface area contributed by atoms with E-state index >= 15 is 0 Å². The van der Waals surface area contributed by atoms with E-state index in [9.17, 15) is 14.3 Å². The molecule has 0 spiro atoms. The molecule has 4 aromatic rings. The molecule has 4 rings (SSSR count). The van der Waals surface area contributed by atoms with Crippen LogP contribution in [-0.2, 0) is 6.54 Å². The highest BCUT2D eigenvalue weighted by atomic mass is 32.1. The first-order chi connectivity index (χ1) is 16.5. The molecule has 0 radical (unpaired) electrons. The molecule has 5 N–H and O–H groups in total. The predicted molar refractivity (Wildman–Crippen MR) is 132 cm³/mol. The van der Waals surface area contributed by atoms with Gasteiger partial charge in [0.2, 0.25) is 0 Å². The van der Waals surface area contributed by atoms with Crippen LogP contribution in [-0.4, -0.2) is 21.7 Å². The number of rotatable bonds is 8. The average molecular weight is 475 g/mol. The van der Waals surface area contributed by atoms with Crippen LogP contribution in [0.25, 0.3) is 10.4 Å². The number of aromatic nitrogens is 1. The Bertz CT molecular complexity index is 1320. The quantitative estimate of drug-likeness (QED) is 0.268. The Hall–Kier alpha value is -3.88. The predicted octanol–water partition coefficient (Wildman–Crippen LogP) is 5.04. The number of phenols is 1. The molecular weight excluding hydrogens is 451 g/mol. The van der Waals surface area contributed by atoms with Crippen LogP contribution in [0.1, 0.15) is 38.8 Å². The van der Waals surface area contributed by atoms with Crippen molar-refractivity contribution in [2.45, 2.75) is 19.0 Å². The molecule has 1 atom stereocenters. The van der Waals surface area contributed by atoms with E-state index in [1.807, 2.05) is 0 Å². The SMILES string of the molecule is N=C(CC(NC(=O)c1ccc(-c2ccc(CN)cc2F)s1)c1ccccc1O)c1cccnc1. The number of carbonyl (C=O) groups excluding carboxylic acids is 1. The number of amides is 1. The van der Waals surface area contributed by atoms with Crippen molar-refractivity contribution < 1.29 is 14.3 Å². The number of carbonyl (C=O) groups is 1. The van der Waals surface area contributed by atoms with Crippen LogP contribution in [0, 0.1) is 11.2 Å². The van der Waals surface area contributed by atoms with Gasteiger partial charge < -0.3 is 21.6 Å². The standard InChI is InChI=1S/C26H23FN4O2S/c27-20-12-16(14-28)7-8-18(20)24-9-10-25(34-24)26(33)31-22(19-5-1-2-6-23(19)32)13-21(29)17-4-3-11-30-15-17/h1-12,15,22,29,32H,13-14,28H2,(H,31,33). The molecule has 0 aliphatic rings. The summed E-state index contributed by atoms with van der Waals surface area (Å²) >= 11 is 1.17. The normalized spacial score (nSPS) is 11.7. The van der Waals surface area contributed by atoms with E-state index in [-0.39, 0.29) is 30.3 Å². The maximum absolute atomic E-state index is 14.5. The fourth-order valence-corrected chi connectivity index (χ4v) is 4.54. The molecule has 1 unspecified atom stereocenters. The van der Waals surface area contributed by atoms with Crippen molar-refractivity contribution in [2.24, 2.45) is 5.73 Å². The van der Waals surface area contributed by atoms with E-state index in [1.165, 1.54) is 17.4 Å². The molecular formula is C26H23FN4O2S. The van der Waals surface area contributed by atoms with Gasteiger partial charge in [0.05, 0.1) is 10.9 Å². The van der Waals surface area contributed by atoms with Crippen molar-refractivity contribution in [3.63, 3.8) is 0 Å². The molecule has 34 heavy (non-hydrogen) atoms. The average Bonchev–Trinajstić information content (AvgIpc) is 3.34. The number of nitrogens with zero attached hydrogens (tertiary/aromatic N) is 1. The van der Waals surface area contributed by atoms with E-state index in [0.717, 1.165) is 0 Å². The summed E-state index contributed by atoms with van der Waals surface area (Å²) < 4.78 is 14.5. The molecule has 8 heteroatoms. The van der Waals surface area contributed by atoms with Gasteiger partial charge in [-0.1, -0.05) is 36.4 Å². The first-order valence-corrected chi connectivity index (χ1v) is 11.4. The zero-order chi connectivity index (χ0) is 24.1. The number of para-hydroxylation sites is 1. The highest BCUT2D eigenvalue weighted by molar-refractivity contribution is 7.17. The summed E-state index contributed by atoms with van der Waals surface area (Å²) in [6.45, 7) is 0.247. The molecule has 0 saturated heterocycles. The summed E-state index contributed by atoms with van der Waals surface area (Å²) in [5, 5.41) is 21.8. The highest BCUT2D eigenvalue weighted by Crippen LogP contribution is 2.32. The van der Waals surface area contributed by atoms with Gasteiger partial charge >= 0.3 is 0 Å². The lowest BCUT2D eigenvalue weighted by atomic mass is 9.97. The zero-order valence-corrected chi connectivity index (χ0v) is 19.0. The van der Waals surface area contributed by atoms with Crippen molar-refractivity contribution >= 4 is 23.0 Å². The number of nitrogens with two attached hydrogens (primary N) is 1. The van der Waals surface area contributed by atoms with Gasteiger partial charge in [0.15, 0.2) is 0 Å². The van der Waals surface area contributed by atoms with Gasteiger partial charge in [-0.25, -0.2) is 4.39 Å². The fraction of sp³-hybridized carbons (Fsp3) is 0.115. The van der Waals surface area contributed by atoms with Crippen LogP contribution in [0.3, 0.4) is 0 Å². The molecule has 172 valence electrons. The second-order valence-electron chi connectivity index (χ2n) is 7.69. The van der Waals surface area contributed by atoms with Crippen LogP contribution in [0.5, 0.6) is 5.75 Å². The lowest BCUT2D eigenvalue weighted by Crippen LogP contribution is -2.29. The monoisotopic (exact) mass is 474 g/mol. The summed E-state index contributed by atoms with van der Waals surface area (Å²) in [5.74, 6) is -0.739. The molecule has 2 aromatic heterocycles. The number of hydrogen-bond acceptors (Lipinski definition) is 6. The molecule has 6 nitrogen and oxygen atoms in total. The Morgan fingerprint density at radius 1 is 1.15 bits per heavy atom. The van der Waals surface area contributed by atoms with Crippen molar-refractivity contribution in [1.29, 1.82) is 5.41 Å². The van der Waals surface area contributed by atoms with Gasteiger partial charge in [-0.3, -0.25) is 9.78 Å². The lowest BCUT2D eigenvalue weighted by Gasteiger charge is -2.20. The Morgan fingerprint density at radius 3 is 2.68 bits per heavy atom. The van der Waals surface area contributed by atoms with Crippen LogP contribution >= 0.6 is 11.3 Å². The number of nitrogens with one attached hydrogen (secondary N) is 2. The smallest absolute Gasteiger partial charge is 0.261 e. The minimum atomic E-state index is -0.646. The Balaban J connectivity index is 1.58. The van der Waals surface area contributed by atoms with Gasteiger partial charge in [0.1, 0.15) is 11.6 Å². The van der Waals surface area contributed by atoms with E-state index < -0.39 is 11.9 Å². The molecule has 0 bridgehead atoms. The third kappa shape index (κ3) is 5.19. The molecule has 2 heterocycles. The van der Waals surface area contributed by atoms with E-state index in [4.69, 9.17) is 11.1 Å². The largest absolute Gasteiger partial charge is 0.508 e. The van der Waals surface area contributed by atoms with Crippen LogP contribution in [0.4, 0.5) is 4.39 Å². The molecule has 0 fully saturated rings. The minimum Gasteiger partial charge on any atom is -0.508 e. The number of aromatic hydroxyl groups is 1. The maximum Gasteiger partial charge on any atom is 0.261 e. The third-order valence-electron chi connectivity index (χ3n) is 5.40. The minimum absolute atomic E-state index is 0.0284. The van der Waals surface area contributed by atoms with E-state index in [2.05, 4.69) is 10.3 Å². The zero-order valence-electron chi connectivity index (χ0n) is 18.2. The lowest BCUT2D eigenvalue weighted by molar-refractivity contribution is 0.0941. The number of phenolic OH excluding ortho intramolecular Hbond substituents is 1. The van der Waals surface area contributed by atoms with Gasteiger partial charge in [0.25, 0.3) is 5.91 Å². The van der Waals surface area contributed by atoms with E-state index in [1.54, 1.807) is 73.1 Å². The van der Waals surface area contributed by atoms with Crippen molar-refractivity contribution in [2.75, 3.05) is 0 Å². The molecule has 1 amide bonds. The number of thiophene rings is 1. The highest BCUT2D eigenvalue weighted by Gasteiger charge is 2.22. The van der Waals surface area contributed by atoms with Crippen molar-refractivity contribution in [3.05, 3.63) is 107 Å². The number of pyridine rings is 1. The molecule has 2 aromatic carbocycles. The number of hydrogen-bond donors (Lipinski definition) is 4. The van der Waals surface area contributed by atoms with E-state index in [0.29, 0.717) is 32.0 Å². The van der Waals surface area contributed by atoms with Crippen molar-refractivity contribution in [3.8, 4) is 16.2 Å². The Kier molecular flexibility index (Phi) is 7.10. The van der Waals surface area contributed by atoms with Crippen molar-refractivity contribution in [1.82, 2.24) is 10.3 Å². The summed E-state index contributed by atoms with van der Waals surface area (Å²) in [6, 6.07) is 17.7. The van der Waals surface area contributed by atoms with Gasteiger partial charge in [-0.05, 0) is 35.9 Å². The number of benzene rings is 2. The summed E-state index contributed by atoms with van der Waals surface area (Å²) in [7, 11) is 0. The number of halogens is 1. The van der Waals surface area contributed by atoms with Gasteiger partial charge in [0, 0.05) is 52.6 Å². The second kappa shape index (κ2) is 10.4. The topological polar surface area (TPSA) is 112 Å². The van der Waals surface area contributed by atoms with Crippen LogP contribution < -0.4 is 11.1 Å². The summed E-state index contributed by atoms with van der Waals surface area (Å²) in [5.41, 5.74) is 8.08. The molecule has 0 aliphatic heterocycles. The van der Waals surface area contributed by atoms with Crippen LogP contribution in [0.2, 0.25) is 0 Å². The van der Waals surface area contributed by atoms with Gasteiger partial charge in [-0.15, -0.1) is 11.3 Å².